The molecule has 3 nitrogen and oxygen atoms in total. The van der Waals surface area contributed by atoms with Crippen molar-refractivity contribution in [3.63, 3.8) is 0 Å². The van der Waals surface area contributed by atoms with E-state index in [1.807, 2.05) is 0 Å². The van der Waals surface area contributed by atoms with Crippen LogP contribution in [0.5, 0.6) is 0 Å². The molecule has 0 atom stereocenters. The lowest BCUT2D eigenvalue weighted by molar-refractivity contribution is -0.0702. The van der Waals surface area contributed by atoms with Crippen molar-refractivity contribution in [1.82, 2.24) is 4.90 Å². The minimum absolute atomic E-state index is 0.169. The first-order chi connectivity index (χ1) is 10.8. The smallest absolute Gasteiger partial charge is 0.0648 e. The molecule has 3 heteroatoms. The van der Waals surface area contributed by atoms with E-state index in [0.717, 1.165) is 18.4 Å². The fourth-order valence-corrected chi connectivity index (χ4v) is 4.07. The number of likely N-dealkylation sites (tertiary alicyclic amines) is 1. The molecule has 1 aliphatic carbocycles. The molecule has 0 aromatic carbocycles. The first-order valence-corrected chi connectivity index (χ1v) is 9.78. The van der Waals surface area contributed by atoms with Crippen molar-refractivity contribution >= 4 is 0 Å². The van der Waals surface area contributed by atoms with Crippen LogP contribution in [0.1, 0.15) is 73.6 Å². The molecule has 1 saturated heterocycles. The SMILES string of the molecule is CC(C)OCC(C)(C)N1CCC(CC2CC(OC(C)C)C2)CC1. The summed E-state index contributed by atoms with van der Waals surface area (Å²) in [5.74, 6) is 1.85. The summed E-state index contributed by atoms with van der Waals surface area (Å²) in [4.78, 5) is 2.64. The Kier molecular flexibility index (Phi) is 6.94. The molecule has 0 N–H and O–H groups in total. The summed E-state index contributed by atoms with van der Waals surface area (Å²) >= 11 is 0. The number of piperidine rings is 1. The van der Waals surface area contributed by atoms with Crippen molar-refractivity contribution in [2.45, 2.75) is 97.5 Å². The molecule has 2 aliphatic rings. The zero-order chi connectivity index (χ0) is 17.0. The van der Waals surface area contributed by atoms with Gasteiger partial charge in [0.1, 0.15) is 0 Å². The Morgan fingerprint density at radius 2 is 1.57 bits per heavy atom. The van der Waals surface area contributed by atoms with Crippen LogP contribution in [0.15, 0.2) is 0 Å². The van der Waals surface area contributed by atoms with Gasteiger partial charge in [-0.05, 0) is 98.6 Å². The molecule has 2 rings (SSSR count). The molecular weight excluding hydrogens is 286 g/mol. The second kappa shape index (κ2) is 8.31. The zero-order valence-electron chi connectivity index (χ0n) is 16.3. The van der Waals surface area contributed by atoms with Crippen LogP contribution in [0.25, 0.3) is 0 Å². The van der Waals surface area contributed by atoms with Crippen LogP contribution in [-0.2, 0) is 9.47 Å². The maximum Gasteiger partial charge on any atom is 0.0648 e. The predicted molar refractivity (Wildman–Crippen MR) is 96.8 cm³/mol. The molecule has 0 amide bonds. The Morgan fingerprint density at radius 3 is 2.09 bits per heavy atom. The largest absolute Gasteiger partial charge is 0.377 e. The van der Waals surface area contributed by atoms with Crippen LogP contribution in [0.4, 0.5) is 0 Å². The second-order valence-electron chi connectivity index (χ2n) is 8.98. The average Bonchev–Trinajstić information content (AvgIpc) is 2.43. The lowest BCUT2D eigenvalue weighted by Crippen LogP contribution is -2.51. The minimum atomic E-state index is 0.169. The lowest BCUT2D eigenvalue weighted by Gasteiger charge is -2.45. The average molecular weight is 326 g/mol. The number of ether oxygens (including phenoxy) is 2. The van der Waals surface area contributed by atoms with Gasteiger partial charge < -0.3 is 9.47 Å². The standard InChI is InChI=1S/C20H39NO2/c1-15(2)22-14-20(5,6)21-9-7-17(8-10-21)11-18-12-19(13-18)23-16(3)4/h15-19H,7-14H2,1-6H3. The highest BCUT2D eigenvalue weighted by Gasteiger charge is 2.35. The summed E-state index contributed by atoms with van der Waals surface area (Å²) in [7, 11) is 0. The van der Waals surface area contributed by atoms with Crippen LogP contribution >= 0.6 is 0 Å². The van der Waals surface area contributed by atoms with E-state index in [-0.39, 0.29) is 5.54 Å². The highest BCUT2D eigenvalue weighted by Crippen LogP contribution is 2.38. The Morgan fingerprint density at radius 1 is 0.957 bits per heavy atom. The number of rotatable bonds is 8. The van der Waals surface area contributed by atoms with Gasteiger partial charge in [-0.3, -0.25) is 4.90 Å². The maximum absolute atomic E-state index is 5.89. The van der Waals surface area contributed by atoms with E-state index in [2.05, 4.69) is 46.4 Å². The van der Waals surface area contributed by atoms with Gasteiger partial charge in [-0.2, -0.15) is 0 Å². The fourth-order valence-electron chi connectivity index (χ4n) is 4.07. The molecule has 0 aromatic heterocycles. The van der Waals surface area contributed by atoms with Gasteiger partial charge in [-0.15, -0.1) is 0 Å². The Balaban J connectivity index is 1.64. The normalized spacial score (nSPS) is 27.7. The van der Waals surface area contributed by atoms with E-state index in [1.54, 1.807) is 0 Å². The molecule has 23 heavy (non-hydrogen) atoms. The molecular formula is C20H39NO2. The van der Waals surface area contributed by atoms with Crippen LogP contribution in [-0.4, -0.2) is 48.4 Å². The van der Waals surface area contributed by atoms with Gasteiger partial charge in [0.25, 0.3) is 0 Å². The van der Waals surface area contributed by atoms with Gasteiger partial charge in [0.05, 0.1) is 24.9 Å². The van der Waals surface area contributed by atoms with Crippen molar-refractivity contribution in [3.05, 3.63) is 0 Å². The number of hydrogen-bond acceptors (Lipinski definition) is 3. The van der Waals surface area contributed by atoms with E-state index in [1.165, 1.54) is 45.2 Å². The molecule has 2 fully saturated rings. The van der Waals surface area contributed by atoms with Crippen molar-refractivity contribution in [1.29, 1.82) is 0 Å². The van der Waals surface area contributed by atoms with Gasteiger partial charge in [0, 0.05) is 5.54 Å². The topological polar surface area (TPSA) is 21.7 Å². The van der Waals surface area contributed by atoms with Gasteiger partial charge in [-0.25, -0.2) is 0 Å². The number of nitrogens with zero attached hydrogens (tertiary/aromatic N) is 1. The molecule has 0 unspecified atom stereocenters. The quantitative estimate of drug-likeness (QED) is 0.656. The third kappa shape index (κ3) is 6.03. The van der Waals surface area contributed by atoms with E-state index >= 15 is 0 Å². The van der Waals surface area contributed by atoms with Crippen molar-refractivity contribution in [2.24, 2.45) is 11.8 Å². The third-order valence-corrected chi connectivity index (χ3v) is 5.56. The van der Waals surface area contributed by atoms with Crippen LogP contribution in [0, 0.1) is 11.8 Å². The zero-order valence-corrected chi connectivity index (χ0v) is 16.3. The summed E-state index contributed by atoms with van der Waals surface area (Å²) in [6.07, 6.45) is 8.00. The van der Waals surface area contributed by atoms with E-state index in [4.69, 9.17) is 9.47 Å². The summed E-state index contributed by atoms with van der Waals surface area (Å²) in [5, 5.41) is 0. The Hall–Kier alpha value is -0.120. The van der Waals surface area contributed by atoms with E-state index in [9.17, 15) is 0 Å². The third-order valence-electron chi connectivity index (χ3n) is 5.56. The van der Waals surface area contributed by atoms with Crippen molar-refractivity contribution in [3.8, 4) is 0 Å². The molecule has 0 radical (unpaired) electrons. The number of hydrogen-bond donors (Lipinski definition) is 0. The Labute approximate surface area is 144 Å². The molecule has 1 heterocycles. The first kappa shape index (κ1) is 19.2. The first-order valence-electron chi connectivity index (χ1n) is 9.78. The van der Waals surface area contributed by atoms with Gasteiger partial charge in [0.15, 0.2) is 0 Å². The van der Waals surface area contributed by atoms with Gasteiger partial charge >= 0.3 is 0 Å². The monoisotopic (exact) mass is 325 g/mol. The van der Waals surface area contributed by atoms with Crippen molar-refractivity contribution < 1.29 is 9.47 Å². The van der Waals surface area contributed by atoms with Gasteiger partial charge in [0.2, 0.25) is 0 Å². The minimum Gasteiger partial charge on any atom is -0.377 e. The fraction of sp³-hybridized carbons (Fsp3) is 1.00. The maximum atomic E-state index is 5.89. The van der Waals surface area contributed by atoms with Crippen molar-refractivity contribution in [2.75, 3.05) is 19.7 Å². The molecule has 1 aliphatic heterocycles. The molecule has 136 valence electrons. The summed E-state index contributed by atoms with van der Waals surface area (Å²) in [6.45, 7) is 16.5. The van der Waals surface area contributed by atoms with E-state index in [0.29, 0.717) is 18.3 Å². The molecule has 0 bridgehead atoms. The highest BCUT2D eigenvalue weighted by molar-refractivity contribution is 4.88. The highest BCUT2D eigenvalue weighted by atomic mass is 16.5. The summed E-state index contributed by atoms with van der Waals surface area (Å²) in [6, 6.07) is 0. The lowest BCUT2D eigenvalue weighted by atomic mass is 9.74. The predicted octanol–water partition coefficient (Wildman–Crippen LogP) is 4.50. The summed E-state index contributed by atoms with van der Waals surface area (Å²) < 4.78 is 11.8. The van der Waals surface area contributed by atoms with Gasteiger partial charge in [-0.1, -0.05) is 0 Å². The van der Waals surface area contributed by atoms with Crippen LogP contribution in [0.3, 0.4) is 0 Å². The second-order valence-corrected chi connectivity index (χ2v) is 8.98. The molecule has 1 saturated carbocycles. The molecule has 0 spiro atoms. The van der Waals surface area contributed by atoms with E-state index < -0.39 is 0 Å². The van der Waals surface area contributed by atoms with Crippen LogP contribution < -0.4 is 0 Å². The van der Waals surface area contributed by atoms with Crippen LogP contribution in [0.2, 0.25) is 0 Å². The Bertz CT molecular complexity index is 340. The summed E-state index contributed by atoms with van der Waals surface area (Å²) in [5.41, 5.74) is 0.169. The molecule has 0 aromatic rings.